The van der Waals surface area contributed by atoms with Gasteiger partial charge in [-0.15, -0.1) is 0 Å². The van der Waals surface area contributed by atoms with E-state index in [0.717, 1.165) is 15.6 Å². The molecule has 1 atom stereocenters. The highest BCUT2D eigenvalue weighted by molar-refractivity contribution is 9.10. The summed E-state index contributed by atoms with van der Waals surface area (Å²) in [4.78, 5) is 0. The van der Waals surface area contributed by atoms with Gasteiger partial charge in [0.2, 0.25) is 0 Å². The molecule has 0 saturated heterocycles. The Kier molecular flexibility index (Phi) is 3.12. The van der Waals surface area contributed by atoms with Crippen LogP contribution in [0.3, 0.4) is 0 Å². The van der Waals surface area contributed by atoms with Crippen molar-refractivity contribution in [1.29, 1.82) is 0 Å². The van der Waals surface area contributed by atoms with Crippen LogP contribution in [0.15, 0.2) is 39.4 Å². The first kappa shape index (κ1) is 11.4. The van der Waals surface area contributed by atoms with Crippen LogP contribution in [0, 0.1) is 12.7 Å². The van der Waals surface area contributed by atoms with Crippen molar-refractivity contribution in [3.63, 3.8) is 0 Å². The highest BCUT2D eigenvalue weighted by Gasteiger charge is 2.17. The number of halogens is 2. The number of rotatable bonds is 2. The van der Waals surface area contributed by atoms with E-state index in [1.54, 1.807) is 18.4 Å². The minimum absolute atomic E-state index is 0.293. The Morgan fingerprint density at radius 3 is 2.75 bits per heavy atom. The molecule has 0 aliphatic carbocycles. The summed E-state index contributed by atoms with van der Waals surface area (Å²) in [6.07, 6.45) is 1.55. The Balaban J connectivity index is 2.45. The zero-order valence-electron chi connectivity index (χ0n) is 8.71. The van der Waals surface area contributed by atoms with E-state index in [2.05, 4.69) is 15.9 Å². The fourth-order valence-electron chi connectivity index (χ4n) is 1.61. The summed E-state index contributed by atoms with van der Waals surface area (Å²) >= 11 is 3.34. The maximum absolute atomic E-state index is 13.2. The third-order valence-corrected chi connectivity index (χ3v) is 3.16. The van der Waals surface area contributed by atoms with E-state index in [1.807, 2.05) is 6.92 Å². The lowest BCUT2D eigenvalue weighted by Crippen LogP contribution is -2.13. The first-order chi connectivity index (χ1) is 7.59. The van der Waals surface area contributed by atoms with Crippen LogP contribution in [-0.2, 0) is 0 Å². The van der Waals surface area contributed by atoms with Crippen molar-refractivity contribution >= 4 is 15.9 Å². The Labute approximate surface area is 101 Å². The third kappa shape index (κ3) is 2.03. The van der Waals surface area contributed by atoms with E-state index < -0.39 is 6.04 Å². The molecule has 1 heterocycles. The Morgan fingerprint density at radius 1 is 1.38 bits per heavy atom. The van der Waals surface area contributed by atoms with E-state index >= 15 is 0 Å². The molecular weight excluding hydrogens is 273 g/mol. The SMILES string of the molecule is Cc1ccc(F)cc1C(N)c1occc1Br. The topological polar surface area (TPSA) is 39.2 Å². The van der Waals surface area contributed by atoms with E-state index in [-0.39, 0.29) is 5.82 Å². The normalized spacial score (nSPS) is 12.8. The molecule has 0 fully saturated rings. The predicted octanol–water partition coefficient (Wildman–Crippen LogP) is 3.54. The van der Waals surface area contributed by atoms with E-state index in [0.29, 0.717) is 5.76 Å². The molecule has 0 aliphatic heterocycles. The quantitative estimate of drug-likeness (QED) is 0.916. The van der Waals surface area contributed by atoms with Crippen LogP contribution in [0.2, 0.25) is 0 Å². The van der Waals surface area contributed by atoms with Crippen molar-refractivity contribution in [2.24, 2.45) is 5.73 Å². The van der Waals surface area contributed by atoms with Gasteiger partial charge in [0.25, 0.3) is 0 Å². The molecule has 1 unspecified atom stereocenters. The molecule has 16 heavy (non-hydrogen) atoms. The first-order valence-electron chi connectivity index (χ1n) is 4.84. The molecular formula is C12H11BrFNO. The van der Waals surface area contributed by atoms with Crippen LogP contribution in [-0.4, -0.2) is 0 Å². The average Bonchev–Trinajstić information content (AvgIpc) is 2.67. The zero-order valence-corrected chi connectivity index (χ0v) is 10.3. The molecule has 0 bridgehead atoms. The van der Waals surface area contributed by atoms with Gasteiger partial charge in [-0.2, -0.15) is 0 Å². The van der Waals surface area contributed by atoms with Gasteiger partial charge in [-0.05, 0) is 52.2 Å². The molecule has 0 radical (unpaired) electrons. The molecule has 2 aromatic rings. The molecule has 0 amide bonds. The van der Waals surface area contributed by atoms with Crippen molar-refractivity contribution in [2.75, 3.05) is 0 Å². The van der Waals surface area contributed by atoms with E-state index in [4.69, 9.17) is 10.2 Å². The van der Waals surface area contributed by atoms with Gasteiger partial charge >= 0.3 is 0 Å². The molecule has 0 aliphatic rings. The van der Waals surface area contributed by atoms with E-state index in [1.165, 1.54) is 12.1 Å². The van der Waals surface area contributed by atoms with Gasteiger partial charge in [0.1, 0.15) is 11.6 Å². The molecule has 2 N–H and O–H groups in total. The number of hydrogen-bond donors (Lipinski definition) is 1. The van der Waals surface area contributed by atoms with Gasteiger partial charge in [-0.3, -0.25) is 0 Å². The molecule has 0 spiro atoms. The second-order valence-corrected chi connectivity index (χ2v) is 4.47. The molecule has 1 aromatic carbocycles. The van der Waals surface area contributed by atoms with Gasteiger partial charge in [-0.25, -0.2) is 4.39 Å². The fraction of sp³-hybridized carbons (Fsp3) is 0.167. The molecule has 0 saturated carbocycles. The van der Waals surface area contributed by atoms with Gasteiger partial charge in [0.15, 0.2) is 0 Å². The summed E-state index contributed by atoms with van der Waals surface area (Å²) in [7, 11) is 0. The third-order valence-electron chi connectivity index (χ3n) is 2.50. The zero-order chi connectivity index (χ0) is 11.7. The van der Waals surface area contributed by atoms with Crippen molar-refractivity contribution in [1.82, 2.24) is 0 Å². The molecule has 4 heteroatoms. The maximum Gasteiger partial charge on any atom is 0.139 e. The Hall–Kier alpha value is -1.13. The van der Waals surface area contributed by atoms with Crippen molar-refractivity contribution < 1.29 is 8.81 Å². The highest BCUT2D eigenvalue weighted by Crippen LogP contribution is 2.29. The number of nitrogens with two attached hydrogens (primary N) is 1. The molecule has 84 valence electrons. The molecule has 2 nitrogen and oxygen atoms in total. The van der Waals surface area contributed by atoms with Crippen LogP contribution in [0.5, 0.6) is 0 Å². The standard InChI is InChI=1S/C12H11BrFNO/c1-7-2-3-8(14)6-9(7)11(15)12-10(13)4-5-16-12/h2-6,11H,15H2,1H3. The van der Waals surface area contributed by atoms with Crippen molar-refractivity contribution in [3.05, 3.63) is 57.7 Å². The van der Waals surface area contributed by atoms with E-state index in [9.17, 15) is 4.39 Å². The van der Waals surface area contributed by atoms with Crippen LogP contribution in [0.25, 0.3) is 0 Å². The molecule has 2 rings (SSSR count). The van der Waals surface area contributed by atoms with Gasteiger partial charge < -0.3 is 10.2 Å². The Morgan fingerprint density at radius 2 is 2.12 bits per heavy atom. The summed E-state index contributed by atoms with van der Waals surface area (Å²) in [5.74, 6) is 0.312. The minimum atomic E-state index is -0.458. The molecule has 1 aromatic heterocycles. The second-order valence-electron chi connectivity index (χ2n) is 3.61. The lowest BCUT2D eigenvalue weighted by molar-refractivity contribution is 0.486. The summed E-state index contributed by atoms with van der Waals surface area (Å²) in [5.41, 5.74) is 7.71. The summed E-state index contributed by atoms with van der Waals surface area (Å²) in [5, 5.41) is 0. The number of benzene rings is 1. The highest BCUT2D eigenvalue weighted by atomic mass is 79.9. The van der Waals surface area contributed by atoms with Crippen LogP contribution >= 0.6 is 15.9 Å². The van der Waals surface area contributed by atoms with Crippen molar-refractivity contribution in [2.45, 2.75) is 13.0 Å². The summed E-state index contributed by atoms with van der Waals surface area (Å²) < 4.78 is 19.2. The average molecular weight is 284 g/mol. The van der Waals surface area contributed by atoms with Gasteiger partial charge in [-0.1, -0.05) is 6.07 Å². The van der Waals surface area contributed by atoms with Crippen molar-refractivity contribution in [3.8, 4) is 0 Å². The Bertz CT molecular complexity index is 509. The number of hydrogen-bond acceptors (Lipinski definition) is 2. The summed E-state index contributed by atoms with van der Waals surface area (Å²) in [6.45, 7) is 1.89. The van der Waals surface area contributed by atoms with Crippen LogP contribution in [0.1, 0.15) is 22.9 Å². The second kappa shape index (κ2) is 4.39. The first-order valence-corrected chi connectivity index (χ1v) is 5.63. The lowest BCUT2D eigenvalue weighted by Gasteiger charge is -2.13. The summed E-state index contributed by atoms with van der Waals surface area (Å²) in [6, 6.07) is 5.88. The monoisotopic (exact) mass is 283 g/mol. The minimum Gasteiger partial charge on any atom is -0.466 e. The smallest absolute Gasteiger partial charge is 0.139 e. The van der Waals surface area contributed by atoms with Crippen LogP contribution in [0.4, 0.5) is 4.39 Å². The number of aryl methyl sites for hydroxylation is 1. The van der Waals surface area contributed by atoms with Gasteiger partial charge in [0, 0.05) is 0 Å². The van der Waals surface area contributed by atoms with Crippen LogP contribution < -0.4 is 5.73 Å². The number of furan rings is 1. The lowest BCUT2D eigenvalue weighted by atomic mass is 10.00. The fourth-order valence-corrected chi connectivity index (χ4v) is 2.06. The predicted molar refractivity (Wildman–Crippen MR) is 63.6 cm³/mol. The van der Waals surface area contributed by atoms with Gasteiger partial charge in [0.05, 0.1) is 16.8 Å². The maximum atomic E-state index is 13.2. The largest absolute Gasteiger partial charge is 0.466 e.